The molecule has 0 amide bonds. The summed E-state index contributed by atoms with van der Waals surface area (Å²) >= 11 is 5.76. The molecule has 112 valence electrons. The molecule has 0 aromatic heterocycles. The Morgan fingerprint density at radius 3 is 1.81 bits per heavy atom. The van der Waals surface area contributed by atoms with Crippen LogP contribution in [-0.2, 0) is 5.88 Å². The van der Waals surface area contributed by atoms with E-state index in [1.54, 1.807) is 33.5 Å². The zero-order chi connectivity index (χ0) is 15.2. The summed E-state index contributed by atoms with van der Waals surface area (Å²) < 4.78 is 21.7. The summed E-state index contributed by atoms with van der Waals surface area (Å²) in [5.41, 5.74) is 1.04. The van der Waals surface area contributed by atoms with Crippen LogP contribution in [0.5, 0.6) is 28.7 Å². The lowest BCUT2D eigenvalue weighted by atomic mass is 10.2. The van der Waals surface area contributed by atoms with E-state index < -0.39 is 0 Å². The van der Waals surface area contributed by atoms with Crippen molar-refractivity contribution in [1.82, 2.24) is 0 Å². The number of rotatable bonds is 6. The topological polar surface area (TPSA) is 36.9 Å². The van der Waals surface area contributed by atoms with Gasteiger partial charge in [0.1, 0.15) is 11.5 Å². The Morgan fingerprint density at radius 2 is 1.38 bits per heavy atom. The molecule has 0 bridgehead atoms. The van der Waals surface area contributed by atoms with Crippen LogP contribution < -0.4 is 18.9 Å². The monoisotopic (exact) mass is 308 g/mol. The van der Waals surface area contributed by atoms with Crippen LogP contribution in [0.15, 0.2) is 36.4 Å². The lowest BCUT2D eigenvalue weighted by Gasteiger charge is -2.14. The molecule has 0 aliphatic heterocycles. The molecule has 2 rings (SSSR count). The van der Waals surface area contributed by atoms with Crippen LogP contribution in [0.4, 0.5) is 0 Å². The van der Waals surface area contributed by atoms with Crippen molar-refractivity contribution in [2.75, 3.05) is 21.3 Å². The predicted octanol–water partition coefficient (Wildman–Crippen LogP) is 4.24. The van der Waals surface area contributed by atoms with E-state index >= 15 is 0 Å². The van der Waals surface area contributed by atoms with Crippen molar-refractivity contribution in [2.24, 2.45) is 0 Å². The predicted molar refractivity (Wildman–Crippen MR) is 82.2 cm³/mol. The molecular formula is C16H17ClO4. The van der Waals surface area contributed by atoms with E-state index in [1.807, 2.05) is 24.3 Å². The molecular weight excluding hydrogens is 292 g/mol. The molecule has 0 fully saturated rings. The van der Waals surface area contributed by atoms with Crippen molar-refractivity contribution < 1.29 is 18.9 Å². The van der Waals surface area contributed by atoms with Gasteiger partial charge in [-0.1, -0.05) is 12.1 Å². The molecule has 0 unspecified atom stereocenters. The Hall–Kier alpha value is -2.07. The van der Waals surface area contributed by atoms with E-state index in [-0.39, 0.29) is 0 Å². The fourth-order valence-electron chi connectivity index (χ4n) is 1.90. The minimum Gasteiger partial charge on any atom is -0.493 e. The maximum atomic E-state index is 5.80. The SMILES string of the molecule is COc1cc(Oc2ccc(CCl)cc2)cc(OC)c1OC. The average molecular weight is 309 g/mol. The molecule has 21 heavy (non-hydrogen) atoms. The Balaban J connectivity index is 2.30. The number of ether oxygens (including phenoxy) is 4. The van der Waals surface area contributed by atoms with E-state index in [0.29, 0.717) is 34.6 Å². The van der Waals surface area contributed by atoms with E-state index in [4.69, 9.17) is 30.5 Å². The quantitative estimate of drug-likeness (QED) is 0.748. The fraction of sp³-hybridized carbons (Fsp3) is 0.250. The Kier molecular flexibility index (Phi) is 5.17. The number of methoxy groups -OCH3 is 3. The number of alkyl halides is 1. The third-order valence-electron chi connectivity index (χ3n) is 2.95. The van der Waals surface area contributed by atoms with Crippen LogP contribution in [0.25, 0.3) is 0 Å². The van der Waals surface area contributed by atoms with Gasteiger partial charge in [0, 0.05) is 18.0 Å². The van der Waals surface area contributed by atoms with Crippen LogP contribution >= 0.6 is 11.6 Å². The summed E-state index contributed by atoms with van der Waals surface area (Å²) in [4.78, 5) is 0. The van der Waals surface area contributed by atoms with E-state index in [9.17, 15) is 0 Å². The standard InChI is InChI=1S/C16H17ClO4/c1-18-14-8-13(9-15(19-2)16(14)20-3)21-12-6-4-11(10-17)5-7-12/h4-9H,10H2,1-3H3. The Morgan fingerprint density at radius 1 is 0.810 bits per heavy atom. The van der Waals surface area contributed by atoms with Crippen molar-refractivity contribution in [1.29, 1.82) is 0 Å². The smallest absolute Gasteiger partial charge is 0.203 e. The molecule has 0 N–H and O–H groups in total. The van der Waals surface area contributed by atoms with Crippen molar-refractivity contribution in [2.45, 2.75) is 5.88 Å². The molecule has 0 saturated carbocycles. The van der Waals surface area contributed by atoms with E-state index in [1.165, 1.54) is 0 Å². The highest BCUT2D eigenvalue weighted by molar-refractivity contribution is 6.17. The molecule has 0 atom stereocenters. The normalized spacial score (nSPS) is 10.1. The number of benzene rings is 2. The molecule has 0 heterocycles. The number of hydrogen-bond acceptors (Lipinski definition) is 4. The molecule has 5 heteroatoms. The van der Waals surface area contributed by atoms with Gasteiger partial charge in [-0.05, 0) is 17.7 Å². The molecule has 0 aliphatic rings. The second kappa shape index (κ2) is 7.09. The third-order valence-corrected chi connectivity index (χ3v) is 3.26. The van der Waals surface area contributed by atoms with Crippen molar-refractivity contribution >= 4 is 11.6 Å². The van der Waals surface area contributed by atoms with Gasteiger partial charge in [0.25, 0.3) is 0 Å². The zero-order valence-electron chi connectivity index (χ0n) is 12.2. The van der Waals surface area contributed by atoms with Crippen LogP contribution in [0, 0.1) is 0 Å². The fourth-order valence-corrected chi connectivity index (χ4v) is 2.08. The summed E-state index contributed by atoms with van der Waals surface area (Å²) in [6, 6.07) is 11.1. The lowest BCUT2D eigenvalue weighted by molar-refractivity contribution is 0.321. The Bertz CT molecular complexity index is 571. The number of hydrogen-bond donors (Lipinski definition) is 0. The van der Waals surface area contributed by atoms with Crippen LogP contribution in [0.2, 0.25) is 0 Å². The van der Waals surface area contributed by atoms with Crippen LogP contribution in [0.3, 0.4) is 0 Å². The van der Waals surface area contributed by atoms with Gasteiger partial charge in [0.05, 0.1) is 21.3 Å². The van der Waals surface area contributed by atoms with Crippen LogP contribution in [0.1, 0.15) is 5.56 Å². The molecule has 0 radical (unpaired) electrons. The van der Waals surface area contributed by atoms with Crippen LogP contribution in [-0.4, -0.2) is 21.3 Å². The summed E-state index contributed by atoms with van der Waals surface area (Å²) in [6.45, 7) is 0. The minimum absolute atomic E-state index is 0.477. The first-order valence-electron chi connectivity index (χ1n) is 6.34. The lowest BCUT2D eigenvalue weighted by Crippen LogP contribution is -1.96. The summed E-state index contributed by atoms with van der Waals surface area (Å²) in [5.74, 6) is 3.41. The second-order valence-electron chi connectivity index (χ2n) is 4.24. The van der Waals surface area contributed by atoms with Crippen molar-refractivity contribution in [3.63, 3.8) is 0 Å². The molecule has 2 aromatic carbocycles. The Labute approximate surface area is 129 Å². The first-order chi connectivity index (χ1) is 10.2. The molecule has 0 saturated heterocycles. The van der Waals surface area contributed by atoms with Gasteiger partial charge in [-0.15, -0.1) is 11.6 Å². The minimum atomic E-state index is 0.477. The van der Waals surface area contributed by atoms with Gasteiger partial charge < -0.3 is 18.9 Å². The maximum absolute atomic E-state index is 5.80. The van der Waals surface area contributed by atoms with Gasteiger partial charge >= 0.3 is 0 Å². The van der Waals surface area contributed by atoms with Crippen molar-refractivity contribution in [3.8, 4) is 28.7 Å². The average Bonchev–Trinajstić information content (AvgIpc) is 2.54. The maximum Gasteiger partial charge on any atom is 0.203 e. The molecule has 4 nitrogen and oxygen atoms in total. The van der Waals surface area contributed by atoms with Gasteiger partial charge in [-0.25, -0.2) is 0 Å². The van der Waals surface area contributed by atoms with E-state index in [0.717, 1.165) is 5.56 Å². The molecule has 0 spiro atoms. The first kappa shape index (κ1) is 15.3. The molecule has 0 aliphatic carbocycles. The highest BCUT2D eigenvalue weighted by Crippen LogP contribution is 2.41. The summed E-state index contributed by atoms with van der Waals surface area (Å²) in [5, 5.41) is 0. The zero-order valence-corrected chi connectivity index (χ0v) is 12.9. The van der Waals surface area contributed by atoms with Gasteiger partial charge in [-0.3, -0.25) is 0 Å². The third kappa shape index (κ3) is 3.52. The van der Waals surface area contributed by atoms with Gasteiger partial charge in [-0.2, -0.15) is 0 Å². The van der Waals surface area contributed by atoms with Crippen molar-refractivity contribution in [3.05, 3.63) is 42.0 Å². The largest absolute Gasteiger partial charge is 0.493 e. The summed E-state index contributed by atoms with van der Waals surface area (Å²) in [7, 11) is 4.69. The second-order valence-corrected chi connectivity index (χ2v) is 4.51. The first-order valence-corrected chi connectivity index (χ1v) is 6.88. The highest BCUT2D eigenvalue weighted by Gasteiger charge is 2.14. The molecule has 2 aromatic rings. The van der Waals surface area contributed by atoms with Gasteiger partial charge in [0.2, 0.25) is 5.75 Å². The number of halogens is 1. The summed E-state index contributed by atoms with van der Waals surface area (Å²) in [6.07, 6.45) is 0. The highest BCUT2D eigenvalue weighted by atomic mass is 35.5. The van der Waals surface area contributed by atoms with Gasteiger partial charge in [0.15, 0.2) is 11.5 Å². The van der Waals surface area contributed by atoms with E-state index in [2.05, 4.69) is 0 Å².